The van der Waals surface area contributed by atoms with Crippen molar-refractivity contribution in [2.45, 2.75) is 13.5 Å². The maximum atomic E-state index is 11.2. The first-order valence-electron chi connectivity index (χ1n) is 6.15. The van der Waals surface area contributed by atoms with Crippen molar-refractivity contribution in [3.63, 3.8) is 0 Å². The molecule has 0 spiro atoms. The second-order valence-electron chi connectivity index (χ2n) is 4.01. The molecule has 0 radical (unpaired) electrons. The summed E-state index contributed by atoms with van der Waals surface area (Å²) >= 11 is 6.11. The standard InChI is InChI=1S/C13H16ClNO4/c1-2-17-12(16)8-15-7-9-5-10(14)13-11(6-9)18-3-4-19-13/h5-6,15H,2-4,7-8H2,1H3. The van der Waals surface area contributed by atoms with Crippen LogP contribution in [-0.4, -0.2) is 32.3 Å². The van der Waals surface area contributed by atoms with Gasteiger partial charge < -0.3 is 19.5 Å². The van der Waals surface area contributed by atoms with Crippen LogP contribution in [-0.2, 0) is 16.1 Å². The molecule has 1 aliphatic heterocycles. The number of carbonyl (C=O) groups is 1. The van der Waals surface area contributed by atoms with Gasteiger partial charge in [0.15, 0.2) is 11.5 Å². The van der Waals surface area contributed by atoms with Crippen molar-refractivity contribution in [1.82, 2.24) is 5.32 Å². The highest BCUT2D eigenvalue weighted by atomic mass is 35.5. The van der Waals surface area contributed by atoms with Crippen LogP contribution < -0.4 is 14.8 Å². The van der Waals surface area contributed by atoms with Crippen molar-refractivity contribution in [2.75, 3.05) is 26.4 Å². The quantitative estimate of drug-likeness (QED) is 0.836. The molecule has 6 heteroatoms. The van der Waals surface area contributed by atoms with E-state index < -0.39 is 0 Å². The molecule has 1 heterocycles. The summed E-state index contributed by atoms with van der Waals surface area (Å²) in [4.78, 5) is 11.2. The van der Waals surface area contributed by atoms with Crippen LogP contribution in [0.5, 0.6) is 11.5 Å². The summed E-state index contributed by atoms with van der Waals surface area (Å²) in [5.41, 5.74) is 0.929. The molecule has 19 heavy (non-hydrogen) atoms. The summed E-state index contributed by atoms with van der Waals surface area (Å²) in [6.07, 6.45) is 0. The summed E-state index contributed by atoms with van der Waals surface area (Å²) in [5.74, 6) is 0.958. The van der Waals surface area contributed by atoms with E-state index >= 15 is 0 Å². The van der Waals surface area contributed by atoms with Crippen LogP contribution >= 0.6 is 11.6 Å². The molecule has 0 saturated carbocycles. The molecule has 0 saturated heterocycles. The first kappa shape index (κ1) is 14.0. The molecule has 0 bridgehead atoms. The van der Waals surface area contributed by atoms with E-state index in [1.807, 2.05) is 6.07 Å². The average molecular weight is 286 g/mol. The Morgan fingerprint density at radius 2 is 2.21 bits per heavy atom. The van der Waals surface area contributed by atoms with Crippen LogP contribution in [0.4, 0.5) is 0 Å². The van der Waals surface area contributed by atoms with Crippen LogP contribution in [0.3, 0.4) is 0 Å². The van der Waals surface area contributed by atoms with Crippen molar-refractivity contribution >= 4 is 17.6 Å². The van der Waals surface area contributed by atoms with E-state index in [-0.39, 0.29) is 12.5 Å². The summed E-state index contributed by atoms with van der Waals surface area (Å²) in [7, 11) is 0. The van der Waals surface area contributed by atoms with Crippen molar-refractivity contribution < 1.29 is 19.0 Å². The second-order valence-corrected chi connectivity index (χ2v) is 4.42. The number of hydrogen-bond donors (Lipinski definition) is 1. The average Bonchev–Trinajstić information content (AvgIpc) is 2.39. The summed E-state index contributed by atoms with van der Waals surface area (Å²) < 4.78 is 15.7. The number of esters is 1. The van der Waals surface area contributed by atoms with Crippen molar-refractivity contribution in [3.05, 3.63) is 22.7 Å². The Morgan fingerprint density at radius 3 is 3.00 bits per heavy atom. The SMILES string of the molecule is CCOC(=O)CNCc1cc(Cl)c2c(c1)OCCO2. The van der Waals surface area contributed by atoms with Crippen molar-refractivity contribution in [3.8, 4) is 11.5 Å². The molecule has 0 aliphatic carbocycles. The molecule has 0 atom stereocenters. The molecular weight excluding hydrogens is 270 g/mol. The predicted octanol–water partition coefficient (Wildman–Crippen LogP) is 1.76. The van der Waals surface area contributed by atoms with Gasteiger partial charge in [-0.3, -0.25) is 4.79 Å². The lowest BCUT2D eigenvalue weighted by molar-refractivity contribution is -0.142. The van der Waals surface area contributed by atoms with Gasteiger partial charge in [-0.05, 0) is 24.6 Å². The molecular formula is C13H16ClNO4. The van der Waals surface area contributed by atoms with Crippen LogP contribution in [0.2, 0.25) is 5.02 Å². The Labute approximate surface area is 116 Å². The molecule has 1 N–H and O–H groups in total. The van der Waals surface area contributed by atoms with E-state index in [0.29, 0.717) is 42.9 Å². The number of rotatable bonds is 5. The molecule has 0 unspecified atom stereocenters. The maximum absolute atomic E-state index is 11.2. The van der Waals surface area contributed by atoms with Gasteiger partial charge in [0, 0.05) is 6.54 Å². The Balaban J connectivity index is 1.94. The number of carbonyl (C=O) groups excluding carboxylic acids is 1. The fourth-order valence-corrected chi connectivity index (χ4v) is 2.08. The minimum absolute atomic E-state index is 0.167. The second kappa shape index (κ2) is 6.63. The lowest BCUT2D eigenvalue weighted by atomic mass is 10.2. The third-order valence-electron chi connectivity index (χ3n) is 2.56. The minimum atomic E-state index is -0.272. The number of fused-ring (bicyclic) bond motifs is 1. The highest BCUT2D eigenvalue weighted by molar-refractivity contribution is 6.32. The highest BCUT2D eigenvalue weighted by Crippen LogP contribution is 2.38. The van der Waals surface area contributed by atoms with Gasteiger partial charge in [-0.15, -0.1) is 0 Å². The fraction of sp³-hybridized carbons (Fsp3) is 0.462. The van der Waals surface area contributed by atoms with Crippen LogP contribution in [0.25, 0.3) is 0 Å². The molecule has 2 rings (SSSR count). The third kappa shape index (κ3) is 3.75. The fourth-order valence-electron chi connectivity index (χ4n) is 1.79. The lowest BCUT2D eigenvalue weighted by Gasteiger charge is -2.20. The Morgan fingerprint density at radius 1 is 1.42 bits per heavy atom. The monoisotopic (exact) mass is 285 g/mol. The lowest BCUT2D eigenvalue weighted by Crippen LogP contribution is -2.24. The Hall–Kier alpha value is -1.46. The number of nitrogens with one attached hydrogen (secondary N) is 1. The maximum Gasteiger partial charge on any atom is 0.319 e. The molecule has 0 amide bonds. The predicted molar refractivity (Wildman–Crippen MR) is 70.8 cm³/mol. The minimum Gasteiger partial charge on any atom is -0.486 e. The number of hydrogen-bond acceptors (Lipinski definition) is 5. The van der Waals surface area contributed by atoms with E-state index in [0.717, 1.165) is 5.56 Å². The van der Waals surface area contributed by atoms with Crippen LogP contribution in [0.1, 0.15) is 12.5 Å². The van der Waals surface area contributed by atoms with Gasteiger partial charge in [0.25, 0.3) is 0 Å². The topological polar surface area (TPSA) is 56.8 Å². The third-order valence-corrected chi connectivity index (χ3v) is 2.84. The first-order chi connectivity index (χ1) is 9.20. The van der Waals surface area contributed by atoms with Gasteiger partial charge in [0.2, 0.25) is 0 Å². The largest absolute Gasteiger partial charge is 0.486 e. The van der Waals surface area contributed by atoms with Gasteiger partial charge in [-0.25, -0.2) is 0 Å². The van der Waals surface area contributed by atoms with E-state index in [1.165, 1.54) is 0 Å². The molecule has 1 aromatic carbocycles. The Bertz CT molecular complexity index is 464. The zero-order valence-electron chi connectivity index (χ0n) is 10.7. The normalized spacial score (nSPS) is 13.2. The number of ether oxygens (including phenoxy) is 3. The number of halogens is 1. The zero-order valence-corrected chi connectivity index (χ0v) is 11.5. The van der Waals surface area contributed by atoms with E-state index in [2.05, 4.69) is 5.32 Å². The molecule has 1 aromatic rings. The van der Waals surface area contributed by atoms with E-state index in [9.17, 15) is 4.79 Å². The molecule has 0 fully saturated rings. The highest BCUT2D eigenvalue weighted by Gasteiger charge is 2.16. The van der Waals surface area contributed by atoms with E-state index in [4.69, 9.17) is 25.8 Å². The van der Waals surface area contributed by atoms with Gasteiger partial charge in [0.1, 0.15) is 13.2 Å². The molecule has 1 aliphatic rings. The molecule has 0 aromatic heterocycles. The first-order valence-corrected chi connectivity index (χ1v) is 6.53. The summed E-state index contributed by atoms with van der Waals surface area (Å²) in [5, 5.41) is 3.51. The summed E-state index contributed by atoms with van der Waals surface area (Å²) in [6.45, 7) is 3.86. The van der Waals surface area contributed by atoms with Gasteiger partial charge >= 0.3 is 5.97 Å². The van der Waals surface area contributed by atoms with Crippen LogP contribution in [0, 0.1) is 0 Å². The summed E-state index contributed by atoms with van der Waals surface area (Å²) in [6, 6.07) is 3.66. The Kier molecular flexibility index (Phi) is 4.87. The van der Waals surface area contributed by atoms with Gasteiger partial charge in [-0.1, -0.05) is 11.6 Å². The molecule has 104 valence electrons. The number of benzene rings is 1. The smallest absolute Gasteiger partial charge is 0.319 e. The van der Waals surface area contributed by atoms with E-state index in [1.54, 1.807) is 13.0 Å². The van der Waals surface area contributed by atoms with Gasteiger partial charge in [0.05, 0.1) is 18.2 Å². The van der Waals surface area contributed by atoms with Gasteiger partial charge in [-0.2, -0.15) is 0 Å². The zero-order chi connectivity index (χ0) is 13.7. The molecule has 5 nitrogen and oxygen atoms in total. The van der Waals surface area contributed by atoms with Crippen molar-refractivity contribution in [1.29, 1.82) is 0 Å². The van der Waals surface area contributed by atoms with Crippen molar-refractivity contribution in [2.24, 2.45) is 0 Å². The van der Waals surface area contributed by atoms with Crippen LogP contribution in [0.15, 0.2) is 12.1 Å².